The monoisotopic (exact) mass is 157 g/mol. The summed E-state index contributed by atoms with van der Waals surface area (Å²) in [5.74, 6) is -0.273. The molecule has 0 radical (unpaired) electrons. The Kier molecular flexibility index (Phi) is 6.73. The maximum atomic E-state index is 10.7. The van der Waals surface area contributed by atoms with E-state index in [1.165, 1.54) is 6.08 Å². The summed E-state index contributed by atoms with van der Waals surface area (Å²) in [5.41, 5.74) is 0. The van der Waals surface area contributed by atoms with E-state index < -0.39 is 0 Å². The van der Waals surface area contributed by atoms with Gasteiger partial charge in [0.05, 0.1) is 6.61 Å². The number of ether oxygens (including phenoxy) is 1. The minimum absolute atomic E-state index is 0.273. The first-order valence-corrected chi connectivity index (χ1v) is 3.85. The highest BCUT2D eigenvalue weighted by atomic mass is 16.5. The summed E-state index contributed by atoms with van der Waals surface area (Å²) < 4.78 is 4.67. The summed E-state index contributed by atoms with van der Waals surface area (Å²) in [6.45, 7) is 5.86. The highest BCUT2D eigenvalue weighted by molar-refractivity contribution is 5.81. The van der Waals surface area contributed by atoms with Crippen LogP contribution in [0.25, 0.3) is 0 Å². The van der Waals surface area contributed by atoms with Gasteiger partial charge in [0, 0.05) is 12.6 Å². The maximum absolute atomic E-state index is 10.7. The van der Waals surface area contributed by atoms with E-state index in [2.05, 4.69) is 10.1 Å². The Balaban J connectivity index is 3.32. The van der Waals surface area contributed by atoms with Gasteiger partial charge in [-0.1, -0.05) is 13.0 Å². The quantitative estimate of drug-likeness (QED) is 0.363. The fraction of sp³-hybridized carbons (Fsp3) is 0.625. The molecular weight excluding hydrogens is 142 g/mol. The number of nitrogens with one attached hydrogen (secondary N) is 1. The molecule has 0 aromatic carbocycles. The van der Waals surface area contributed by atoms with E-state index in [4.69, 9.17) is 0 Å². The van der Waals surface area contributed by atoms with Gasteiger partial charge in [0.15, 0.2) is 0 Å². The van der Waals surface area contributed by atoms with Crippen molar-refractivity contribution in [1.82, 2.24) is 5.32 Å². The van der Waals surface area contributed by atoms with Crippen LogP contribution < -0.4 is 5.32 Å². The molecule has 0 heterocycles. The predicted octanol–water partition coefficient (Wildman–Crippen LogP) is 0.715. The van der Waals surface area contributed by atoms with Crippen molar-refractivity contribution in [3.63, 3.8) is 0 Å². The lowest BCUT2D eigenvalue weighted by Crippen LogP contribution is -2.12. The van der Waals surface area contributed by atoms with E-state index in [1.54, 1.807) is 13.0 Å². The van der Waals surface area contributed by atoms with Gasteiger partial charge >= 0.3 is 5.97 Å². The molecule has 0 aromatic rings. The van der Waals surface area contributed by atoms with Crippen LogP contribution >= 0.6 is 0 Å². The molecule has 0 unspecified atom stereocenters. The Hall–Kier alpha value is -0.830. The van der Waals surface area contributed by atoms with Gasteiger partial charge in [0.25, 0.3) is 0 Å². The molecule has 0 aliphatic carbocycles. The van der Waals surface area contributed by atoms with E-state index in [0.717, 1.165) is 13.1 Å². The smallest absolute Gasteiger partial charge is 0.330 e. The van der Waals surface area contributed by atoms with Gasteiger partial charge in [-0.05, 0) is 13.5 Å². The molecule has 1 N–H and O–H groups in total. The van der Waals surface area contributed by atoms with E-state index >= 15 is 0 Å². The van der Waals surface area contributed by atoms with E-state index in [0.29, 0.717) is 6.61 Å². The molecule has 0 amide bonds. The van der Waals surface area contributed by atoms with Gasteiger partial charge in [0.1, 0.15) is 0 Å². The lowest BCUT2D eigenvalue weighted by molar-refractivity contribution is -0.137. The predicted molar refractivity (Wildman–Crippen MR) is 44.3 cm³/mol. The van der Waals surface area contributed by atoms with Crippen LogP contribution in [0.1, 0.15) is 13.8 Å². The second-order valence-corrected chi connectivity index (χ2v) is 1.96. The van der Waals surface area contributed by atoms with Crippen LogP contribution in [0, 0.1) is 0 Å². The van der Waals surface area contributed by atoms with Crippen molar-refractivity contribution in [3.05, 3.63) is 12.2 Å². The van der Waals surface area contributed by atoms with Crippen LogP contribution in [0.3, 0.4) is 0 Å². The SMILES string of the molecule is CCNCC=CC(=O)OCC. The molecule has 64 valence electrons. The van der Waals surface area contributed by atoms with Crippen LogP contribution in [-0.4, -0.2) is 25.7 Å². The maximum Gasteiger partial charge on any atom is 0.330 e. The van der Waals surface area contributed by atoms with Gasteiger partial charge < -0.3 is 10.1 Å². The van der Waals surface area contributed by atoms with Crippen LogP contribution in [0.5, 0.6) is 0 Å². The third-order valence-electron chi connectivity index (χ3n) is 1.05. The zero-order valence-electron chi connectivity index (χ0n) is 7.09. The Bertz CT molecular complexity index is 132. The lowest BCUT2D eigenvalue weighted by atomic mass is 10.5. The molecule has 0 fully saturated rings. The molecule has 3 nitrogen and oxygen atoms in total. The average Bonchev–Trinajstić information content (AvgIpc) is 1.99. The van der Waals surface area contributed by atoms with Crippen LogP contribution in [0.15, 0.2) is 12.2 Å². The topological polar surface area (TPSA) is 38.3 Å². The summed E-state index contributed by atoms with van der Waals surface area (Å²) >= 11 is 0. The highest BCUT2D eigenvalue weighted by Gasteiger charge is 1.90. The first kappa shape index (κ1) is 10.2. The Labute approximate surface area is 67.4 Å². The fourth-order valence-corrected chi connectivity index (χ4v) is 0.573. The van der Waals surface area contributed by atoms with Gasteiger partial charge in [-0.3, -0.25) is 0 Å². The molecule has 0 aliphatic rings. The molecule has 0 rings (SSSR count). The van der Waals surface area contributed by atoms with Crippen molar-refractivity contribution in [2.75, 3.05) is 19.7 Å². The Morgan fingerprint density at radius 3 is 2.82 bits per heavy atom. The summed E-state index contributed by atoms with van der Waals surface area (Å²) in [4.78, 5) is 10.7. The number of hydrogen-bond acceptors (Lipinski definition) is 3. The van der Waals surface area contributed by atoms with E-state index in [-0.39, 0.29) is 5.97 Å². The first-order valence-electron chi connectivity index (χ1n) is 3.85. The van der Waals surface area contributed by atoms with Crippen molar-refractivity contribution in [3.8, 4) is 0 Å². The second-order valence-electron chi connectivity index (χ2n) is 1.96. The highest BCUT2D eigenvalue weighted by Crippen LogP contribution is 1.79. The van der Waals surface area contributed by atoms with Crippen molar-refractivity contribution >= 4 is 5.97 Å². The molecule has 0 atom stereocenters. The van der Waals surface area contributed by atoms with Crippen molar-refractivity contribution < 1.29 is 9.53 Å². The number of esters is 1. The molecule has 0 bridgehead atoms. The second kappa shape index (κ2) is 7.28. The minimum Gasteiger partial charge on any atom is -0.463 e. The van der Waals surface area contributed by atoms with Crippen molar-refractivity contribution in [1.29, 1.82) is 0 Å². The van der Waals surface area contributed by atoms with Gasteiger partial charge in [-0.15, -0.1) is 0 Å². The molecule has 0 spiro atoms. The number of carbonyl (C=O) groups excluding carboxylic acids is 1. The molecule has 0 saturated carbocycles. The third kappa shape index (κ3) is 7.06. The summed E-state index contributed by atoms with van der Waals surface area (Å²) in [7, 11) is 0. The summed E-state index contributed by atoms with van der Waals surface area (Å²) in [5, 5.41) is 3.05. The molecule has 0 saturated heterocycles. The average molecular weight is 157 g/mol. The number of hydrogen-bond donors (Lipinski definition) is 1. The van der Waals surface area contributed by atoms with E-state index in [1.807, 2.05) is 6.92 Å². The van der Waals surface area contributed by atoms with E-state index in [9.17, 15) is 4.79 Å². The fourth-order valence-electron chi connectivity index (χ4n) is 0.573. The molecule has 11 heavy (non-hydrogen) atoms. The normalized spacial score (nSPS) is 10.4. The van der Waals surface area contributed by atoms with Crippen LogP contribution in [-0.2, 0) is 9.53 Å². The molecule has 0 aromatic heterocycles. The van der Waals surface area contributed by atoms with Gasteiger partial charge in [-0.2, -0.15) is 0 Å². The zero-order chi connectivity index (χ0) is 8.53. The molecule has 0 aliphatic heterocycles. The first-order chi connectivity index (χ1) is 5.31. The standard InChI is InChI=1S/C8H15NO2/c1-3-9-7-5-6-8(10)11-4-2/h5-6,9H,3-4,7H2,1-2H3. The number of likely N-dealkylation sites (N-methyl/N-ethyl adjacent to an activating group) is 1. The zero-order valence-corrected chi connectivity index (χ0v) is 7.09. The Morgan fingerprint density at radius 2 is 2.27 bits per heavy atom. The van der Waals surface area contributed by atoms with Gasteiger partial charge in [0.2, 0.25) is 0 Å². The Morgan fingerprint density at radius 1 is 1.55 bits per heavy atom. The molecule has 3 heteroatoms. The third-order valence-corrected chi connectivity index (χ3v) is 1.05. The van der Waals surface area contributed by atoms with Crippen molar-refractivity contribution in [2.24, 2.45) is 0 Å². The summed E-state index contributed by atoms with van der Waals surface area (Å²) in [6, 6.07) is 0. The number of rotatable bonds is 5. The molecular formula is C8H15NO2. The largest absolute Gasteiger partial charge is 0.463 e. The van der Waals surface area contributed by atoms with Crippen LogP contribution in [0.4, 0.5) is 0 Å². The van der Waals surface area contributed by atoms with Crippen LogP contribution in [0.2, 0.25) is 0 Å². The lowest BCUT2D eigenvalue weighted by Gasteiger charge is -1.95. The number of carbonyl (C=O) groups is 1. The van der Waals surface area contributed by atoms with Gasteiger partial charge in [-0.25, -0.2) is 4.79 Å². The van der Waals surface area contributed by atoms with Crippen molar-refractivity contribution in [2.45, 2.75) is 13.8 Å². The summed E-state index contributed by atoms with van der Waals surface area (Å²) in [6.07, 6.45) is 3.19. The minimum atomic E-state index is -0.273.